The number of hydrogen-bond acceptors (Lipinski definition) is 3. The summed E-state index contributed by atoms with van der Waals surface area (Å²) in [6, 6.07) is 6.33. The van der Waals surface area contributed by atoms with Gasteiger partial charge in [-0.25, -0.2) is 0 Å². The van der Waals surface area contributed by atoms with Crippen LogP contribution in [-0.2, 0) is 6.42 Å². The molecule has 2 aliphatic rings. The molecule has 16 heavy (non-hydrogen) atoms. The molecule has 1 aromatic rings. The van der Waals surface area contributed by atoms with Gasteiger partial charge in [-0.3, -0.25) is 0 Å². The second kappa shape index (κ2) is 3.67. The molecule has 1 spiro atoms. The van der Waals surface area contributed by atoms with Crippen LogP contribution in [0.5, 0.6) is 5.75 Å². The van der Waals surface area contributed by atoms with Gasteiger partial charge in [-0.15, -0.1) is 0 Å². The molecule has 0 radical (unpaired) electrons. The summed E-state index contributed by atoms with van der Waals surface area (Å²) >= 11 is 0. The van der Waals surface area contributed by atoms with Crippen molar-refractivity contribution >= 4 is 5.69 Å². The fraction of sp³-hybridized carbons (Fsp3) is 0.538. The van der Waals surface area contributed by atoms with Gasteiger partial charge in [0.25, 0.3) is 0 Å². The second-order valence-corrected chi connectivity index (χ2v) is 4.83. The van der Waals surface area contributed by atoms with Crippen molar-refractivity contribution in [3.05, 3.63) is 23.8 Å². The van der Waals surface area contributed by atoms with Crippen molar-refractivity contribution in [3.63, 3.8) is 0 Å². The Morgan fingerprint density at radius 1 is 1.25 bits per heavy atom. The Kier molecular flexibility index (Phi) is 2.28. The molecule has 0 atom stereocenters. The van der Waals surface area contributed by atoms with E-state index in [0.29, 0.717) is 0 Å². The average molecular weight is 218 g/mol. The van der Waals surface area contributed by atoms with Gasteiger partial charge in [0, 0.05) is 5.54 Å². The number of anilines is 1. The van der Waals surface area contributed by atoms with Crippen LogP contribution in [0.15, 0.2) is 18.2 Å². The molecule has 1 saturated heterocycles. The summed E-state index contributed by atoms with van der Waals surface area (Å²) in [6.07, 6.45) is 3.54. The largest absolute Gasteiger partial charge is 0.495 e. The Balaban J connectivity index is 1.93. The van der Waals surface area contributed by atoms with E-state index < -0.39 is 0 Å². The molecule has 2 aliphatic heterocycles. The summed E-state index contributed by atoms with van der Waals surface area (Å²) in [4.78, 5) is 0. The predicted octanol–water partition coefficient (Wildman–Crippen LogP) is 1.79. The third-order valence-corrected chi connectivity index (χ3v) is 3.81. The van der Waals surface area contributed by atoms with Gasteiger partial charge >= 0.3 is 0 Å². The van der Waals surface area contributed by atoms with E-state index in [1.165, 1.54) is 24.1 Å². The number of piperidine rings is 1. The Morgan fingerprint density at radius 3 is 2.81 bits per heavy atom. The first-order valence-corrected chi connectivity index (χ1v) is 5.98. The van der Waals surface area contributed by atoms with Crippen molar-refractivity contribution < 1.29 is 4.74 Å². The highest BCUT2D eigenvalue weighted by Crippen LogP contribution is 2.42. The minimum absolute atomic E-state index is 0.280. The molecular weight excluding hydrogens is 200 g/mol. The standard InChI is InChI=1S/C13H18N2O/c1-16-11-4-2-3-10-9-13(15-12(10)11)5-7-14-8-6-13/h2-4,14-15H,5-9H2,1H3. The maximum absolute atomic E-state index is 5.41. The van der Waals surface area contributed by atoms with E-state index in [9.17, 15) is 0 Å². The first-order chi connectivity index (χ1) is 7.83. The van der Waals surface area contributed by atoms with E-state index in [4.69, 9.17) is 4.74 Å². The highest BCUT2D eigenvalue weighted by molar-refractivity contribution is 5.67. The van der Waals surface area contributed by atoms with E-state index in [1.807, 2.05) is 6.07 Å². The SMILES string of the molecule is COc1cccc2c1NC1(CCNCC1)C2. The normalized spacial score (nSPS) is 21.6. The number of benzene rings is 1. The molecule has 0 amide bonds. The predicted molar refractivity (Wildman–Crippen MR) is 65.2 cm³/mol. The lowest BCUT2D eigenvalue weighted by atomic mass is 9.86. The molecule has 0 bridgehead atoms. The van der Waals surface area contributed by atoms with E-state index in [-0.39, 0.29) is 5.54 Å². The van der Waals surface area contributed by atoms with Gasteiger partial charge in [0.2, 0.25) is 0 Å². The van der Waals surface area contributed by atoms with Gasteiger partial charge in [0.05, 0.1) is 12.8 Å². The van der Waals surface area contributed by atoms with Crippen LogP contribution in [0, 0.1) is 0 Å². The van der Waals surface area contributed by atoms with Crippen molar-refractivity contribution in [2.75, 3.05) is 25.5 Å². The van der Waals surface area contributed by atoms with E-state index in [0.717, 1.165) is 25.3 Å². The lowest BCUT2D eigenvalue weighted by Gasteiger charge is -2.34. The van der Waals surface area contributed by atoms with Crippen LogP contribution in [-0.4, -0.2) is 25.7 Å². The van der Waals surface area contributed by atoms with Crippen molar-refractivity contribution in [2.24, 2.45) is 0 Å². The van der Waals surface area contributed by atoms with E-state index in [2.05, 4.69) is 22.8 Å². The molecule has 2 N–H and O–H groups in total. The Labute approximate surface area is 96.2 Å². The highest BCUT2D eigenvalue weighted by Gasteiger charge is 2.38. The number of rotatable bonds is 1. The molecule has 3 heteroatoms. The fourth-order valence-corrected chi connectivity index (χ4v) is 2.92. The first-order valence-electron chi connectivity index (χ1n) is 5.98. The van der Waals surface area contributed by atoms with Crippen LogP contribution < -0.4 is 15.4 Å². The summed E-state index contributed by atoms with van der Waals surface area (Å²) in [5.41, 5.74) is 2.90. The van der Waals surface area contributed by atoms with E-state index >= 15 is 0 Å². The molecule has 0 aliphatic carbocycles. The summed E-state index contributed by atoms with van der Waals surface area (Å²) in [5, 5.41) is 7.12. The Hall–Kier alpha value is -1.22. The Morgan fingerprint density at radius 2 is 2.06 bits per heavy atom. The second-order valence-electron chi connectivity index (χ2n) is 4.83. The van der Waals surface area contributed by atoms with Gasteiger partial charge in [-0.05, 0) is 44.0 Å². The van der Waals surface area contributed by atoms with Gasteiger partial charge in [0.1, 0.15) is 5.75 Å². The van der Waals surface area contributed by atoms with Crippen LogP contribution in [0.3, 0.4) is 0 Å². The molecule has 1 aromatic carbocycles. The number of fused-ring (bicyclic) bond motifs is 1. The molecule has 86 valence electrons. The summed E-state index contributed by atoms with van der Waals surface area (Å²) in [5.74, 6) is 0.980. The van der Waals surface area contributed by atoms with Crippen LogP contribution >= 0.6 is 0 Å². The molecule has 0 aromatic heterocycles. The number of para-hydroxylation sites is 1. The molecule has 3 nitrogen and oxygen atoms in total. The number of hydrogen-bond donors (Lipinski definition) is 2. The van der Waals surface area contributed by atoms with Gasteiger partial charge in [-0.2, -0.15) is 0 Å². The fourth-order valence-electron chi connectivity index (χ4n) is 2.92. The lowest BCUT2D eigenvalue weighted by molar-refractivity contribution is 0.347. The molecule has 0 saturated carbocycles. The smallest absolute Gasteiger partial charge is 0.142 e. The number of nitrogens with one attached hydrogen (secondary N) is 2. The lowest BCUT2D eigenvalue weighted by Crippen LogP contribution is -2.46. The number of methoxy groups -OCH3 is 1. The maximum Gasteiger partial charge on any atom is 0.142 e. The Bertz CT molecular complexity index is 397. The topological polar surface area (TPSA) is 33.3 Å². The van der Waals surface area contributed by atoms with Gasteiger partial charge in [0.15, 0.2) is 0 Å². The maximum atomic E-state index is 5.41. The summed E-state index contributed by atoms with van der Waals surface area (Å²) in [7, 11) is 1.74. The molecular formula is C13H18N2O. The third kappa shape index (κ3) is 1.47. The monoisotopic (exact) mass is 218 g/mol. The first kappa shape index (κ1) is 9.97. The van der Waals surface area contributed by atoms with Crippen molar-refractivity contribution in [3.8, 4) is 5.75 Å². The van der Waals surface area contributed by atoms with E-state index in [1.54, 1.807) is 7.11 Å². The van der Waals surface area contributed by atoms with Crippen molar-refractivity contribution in [2.45, 2.75) is 24.8 Å². The summed E-state index contributed by atoms with van der Waals surface area (Å²) < 4.78 is 5.41. The molecule has 3 rings (SSSR count). The highest BCUT2D eigenvalue weighted by atomic mass is 16.5. The van der Waals surface area contributed by atoms with Crippen LogP contribution in [0.4, 0.5) is 5.69 Å². The zero-order chi connectivity index (χ0) is 11.0. The summed E-state index contributed by atoms with van der Waals surface area (Å²) in [6.45, 7) is 2.23. The van der Waals surface area contributed by atoms with Crippen molar-refractivity contribution in [1.29, 1.82) is 0 Å². The third-order valence-electron chi connectivity index (χ3n) is 3.81. The molecule has 2 heterocycles. The van der Waals surface area contributed by atoms with Crippen LogP contribution in [0.2, 0.25) is 0 Å². The molecule has 0 unspecified atom stereocenters. The zero-order valence-electron chi connectivity index (χ0n) is 9.68. The van der Waals surface area contributed by atoms with Gasteiger partial charge < -0.3 is 15.4 Å². The average Bonchev–Trinajstić information content (AvgIpc) is 2.67. The van der Waals surface area contributed by atoms with Crippen LogP contribution in [0.25, 0.3) is 0 Å². The minimum atomic E-state index is 0.280. The zero-order valence-corrected chi connectivity index (χ0v) is 9.68. The van der Waals surface area contributed by atoms with Crippen molar-refractivity contribution in [1.82, 2.24) is 5.32 Å². The number of ether oxygens (including phenoxy) is 1. The van der Waals surface area contributed by atoms with Gasteiger partial charge in [-0.1, -0.05) is 12.1 Å². The quantitative estimate of drug-likeness (QED) is 0.754. The molecule has 1 fully saturated rings. The minimum Gasteiger partial charge on any atom is -0.495 e. The van der Waals surface area contributed by atoms with Crippen LogP contribution in [0.1, 0.15) is 18.4 Å².